The van der Waals surface area contributed by atoms with Crippen molar-refractivity contribution in [3.8, 4) is 0 Å². The summed E-state index contributed by atoms with van der Waals surface area (Å²) in [7, 11) is 0. The van der Waals surface area contributed by atoms with Gasteiger partial charge in [-0.1, -0.05) is 24.3 Å². The maximum absolute atomic E-state index is 12.6. The van der Waals surface area contributed by atoms with Crippen molar-refractivity contribution >= 4 is 11.7 Å². The third kappa shape index (κ3) is 2.85. The number of rotatable bonds is 3. The minimum Gasteiger partial charge on any atom is -0.387 e. The highest BCUT2D eigenvalue weighted by atomic mass is 16.3. The second kappa shape index (κ2) is 6.20. The van der Waals surface area contributed by atoms with Crippen LogP contribution in [0.25, 0.3) is 0 Å². The molecule has 1 atom stereocenters. The highest BCUT2D eigenvalue weighted by molar-refractivity contribution is 5.96. The number of amides is 1. The molecule has 1 aromatic carbocycles. The zero-order valence-electron chi connectivity index (χ0n) is 14.1. The monoisotopic (exact) mass is 327 g/mol. The van der Waals surface area contributed by atoms with Crippen LogP contribution >= 0.6 is 0 Å². The first kappa shape index (κ1) is 16.4. The molecular formula is C18H21N3O3. The molecule has 0 radical (unpaired) electrons. The molecule has 3 rings (SSSR count). The zero-order valence-corrected chi connectivity index (χ0v) is 14.1. The lowest BCUT2D eigenvalue weighted by atomic mass is 9.97. The smallest absolute Gasteiger partial charge is 0.244 e. The standard InChI is InChI=1S/C18H21N3O3/c1-11-18(13(3)22)12(2)21(19-11)10-17(24)20-8-14-6-4-5-7-15(14)16(23)9-20/h4-7,16,23H,8-10H2,1-3H3. The number of fused-ring (bicyclic) bond motifs is 1. The summed E-state index contributed by atoms with van der Waals surface area (Å²) in [6, 6.07) is 7.61. The average Bonchev–Trinajstić information content (AvgIpc) is 2.81. The number of carbonyl (C=O) groups excluding carboxylic acids is 2. The first-order chi connectivity index (χ1) is 11.4. The number of aliphatic hydroxyl groups is 1. The molecule has 0 fully saturated rings. The maximum Gasteiger partial charge on any atom is 0.244 e. The van der Waals surface area contributed by atoms with Crippen molar-refractivity contribution in [1.82, 2.24) is 14.7 Å². The third-order valence-corrected chi connectivity index (χ3v) is 4.54. The number of aliphatic hydroxyl groups excluding tert-OH is 1. The Hall–Kier alpha value is -2.47. The van der Waals surface area contributed by atoms with Gasteiger partial charge in [-0.2, -0.15) is 5.10 Å². The molecule has 0 saturated heterocycles. The van der Waals surface area contributed by atoms with E-state index in [1.165, 1.54) is 6.92 Å². The molecule has 1 amide bonds. The second-order valence-electron chi connectivity index (χ2n) is 6.25. The normalized spacial score (nSPS) is 16.8. The number of aromatic nitrogens is 2. The Morgan fingerprint density at radius 2 is 2.00 bits per heavy atom. The van der Waals surface area contributed by atoms with Crippen LogP contribution in [0.1, 0.15) is 45.9 Å². The van der Waals surface area contributed by atoms with Gasteiger partial charge in [-0.25, -0.2) is 0 Å². The Morgan fingerprint density at radius 3 is 2.67 bits per heavy atom. The van der Waals surface area contributed by atoms with Crippen LogP contribution in [0.4, 0.5) is 0 Å². The summed E-state index contributed by atoms with van der Waals surface area (Å²) in [4.78, 5) is 26.0. The van der Waals surface area contributed by atoms with E-state index in [2.05, 4.69) is 5.10 Å². The van der Waals surface area contributed by atoms with Gasteiger partial charge in [-0.05, 0) is 31.9 Å². The molecule has 0 saturated carbocycles. The summed E-state index contributed by atoms with van der Waals surface area (Å²) in [5, 5.41) is 14.6. The molecule has 24 heavy (non-hydrogen) atoms. The Morgan fingerprint density at radius 1 is 1.29 bits per heavy atom. The number of benzene rings is 1. The van der Waals surface area contributed by atoms with Gasteiger partial charge in [0.25, 0.3) is 0 Å². The second-order valence-corrected chi connectivity index (χ2v) is 6.25. The van der Waals surface area contributed by atoms with Crippen molar-refractivity contribution in [1.29, 1.82) is 0 Å². The lowest BCUT2D eigenvalue weighted by molar-refractivity contribution is -0.134. The zero-order chi connectivity index (χ0) is 17.4. The molecule has 1 aromatic heterocycles. The summed E-state index contributed by atoms with van der Waals surface area (Å²) >= 11 is 0. The number of carbonyl (C=O) groups is 2. The number of hydrogen-bond donors (Lipinski definition) is 1. The Balaban J connectivity index is 1.80. The Labute approximate surface area is 140 Å². The van der Waals surface area contributed by atoms with E-state index in [0.29, 0.717) is 23.5 Å². The van der Waals surface area contributed by atoms with Crippen molar-refractivity contribution < 1.29 is 14.7 Å². The van der Waals surface area contributed by atoms with E-state index in [9.17, 15) is 14.7 Å². The first-order valence-corrected chi connectivity index (χ1v) is 7.97. The van der Waals surface area contributed by atoms with Gasteiger partial charge >= 0.3 is 0 Å². The molecular weight excluding hydrogens is 306 g/mol. The highest BCUT2D eigenvalue weighted by Gasteiger charge is 2.27. The van der Waals surface area contributed by atoms with Gasteiger partial charge in [0.2, 0.25) is 5.91 Å². The third-order valence-electron chi connectivity index (χ3n) is 4.54. The highest BCUT2D eigenvalue weighted by Crippen LogP contribution is 2.26. The quantitative estimate of drug-likeness (QED) is 0.872. The van der Waals surface area contributed by atoms with Gasteiger partial charge in [0.05, 0.1) is 23.9 Å². The number of Topliss-reactive ketones (excluding diaryl/α,β-unsaturated/α-hetero) is 1. The fraction of sp³-hybridized carbons (Fsp3) is 0.389. The largest absolute Gasteiger partial charge is 0.387 e. The number of nitrogens with zero attached hydrogens (tertiary/aromatic N) is 3. The Kier molecular flexibility index (Phi) is 4.24. The van der Waals surface area contributed by atoms with E-state index in [1.54, 1.807) is 23.4 Å². The number of aryl methyl sites for hydroxylation is 1. The lowest BCUT2D eigenvalue weighted by Gasteiger charge is -2.32. The molecule has 1 aliphatic rings. The van der Waals surface area contributed by atoms with Gasteiger partial charge in [-0.3, -0.25) is 14.3 Å². The van der Waals surface area contributed by atoms with Crippen LogP contribution < -0.4 is 0 Å². The van der Waals surface area contributed by atoms with Crippen LogP contribution in [-0.2, 0) is 17.9 Å². The number of hydrogen-bond acceptors (Lipinski definition) is 4. The predicted octanol–water partition coefficient (Wildman–Crippen LogP) is 1.78. The fourth-order valence-electron chi connectivity index (χ4n) is 3.36. The van der Waals surface area contributed by atoms with Crippen LogP contribution in [-0.4, -0.2) is 38.0 Å². The van der Waals surface area contributed by atoms with Crippen LogP contribution in [0, 0.1) is 13.8 Å². The van der Waals surface area contributed by atoms with Crippen LogP contribution in [0.2, 0.25) is 0 Å². The molecule has 6 nitrogen and oxygen atoms in total. The minimum atomic E-state index is -0.674. The topological polar surface area (TPSA) is 75.4 Å². The molecule has 0 aliphatic carbocycles. The summed E-state index contributed by atoms with van der Waals surface area (Å²) in [5.41, 5.74) is 3.75. The molecule has 1 aliphatic heterocycles. The van der Waals surface area contributed by atoms with Crippen LogP contribution in [0.15, 0.2) is 24.3 Å². The van der Waals surface area contributed by atoms with E-state index in [-0.39, 0.29) is 24.8 Å². The first-order valence-electron chi connectivity index (χ1n) is 7.97. The van der Waals surface area contributed by atoms with E-state index < -0.39 is 6.10 Å². The molecule has 1 unspecified atom stereocenters. The van der Waals surface area contributed by atoms with Crippen molar-refractivity contribution in [3.05, 3.63) is 52.3 Å². The summed E-state index contributed by atoms with van der Waals surface area (Å²) < 4.78 is 1.57. The van der Waals surface area contributed by atoms with Crippen molar-refractivity contribution in [3.63, 3.8) is 0 Å². The van der Waals surface area contributed by atoms with E-state index in [1.807, 2.05) is 24.3 Å². The van der Waals surface area contributed by atoms with Crippen LogP contribution in [0.3, 0.4) is 0 Å². The lowest BCUT2D eigenvalue weighted by Crippen LogP contribution is -2.40. The molecule has 1 N–H and O–H groups in total. The van der Waals surface area contributed by atoms with Gasteiger partial charge in [0.15, 0.2) is 5.78 Å². The summed E-state index contributed by atoms with van der Waals surface area (Å²) in [5.74, 6) is -0.171. The Bertz CT molecular complexity index is 810. The van der Waals surface area contributed by atoms with Crippen molar-refractivity contribution in [2.24, 2.45) is 0 Å². The molecule has 2 aromatic rings. The van der Waals surface area contributed by atoms with Crippen molar-refractivity contribution in [2.75, 3.05) is 6.54 Å². The van der Waals surface area contributed by atoms with Gasteiger partial charge in [-0.15, -0.1) is 0 Å². The molecule has 2 heterocycles. The van der Waals surface area contributed by atoms with Crippen molar-refractivity contribution in [2.45, 2.75) is 40.0 Å². The molecule has 126 valence electrons. The number of β-amino-alcohol motifs (C(OH)–C–C–N with tert-alkyl or cyclic N) is 1. The van der Waals surface area contributed by atoms with Gasteiger partial charge in [0, 0.05) is 12.2 Å². The van der Waals surface area contributed by atoms with Gasteiger partial charge in [0.1, 0.15) is 6.54 Å². The fourth-order valence-corrected chi connectivity index (χ4v) is 3.36. The molecule has 0 spiro atoms. The maximum atomic E-state index is 12.6. The molecule has 0 bridgehead atoms. The van der Waals surface area contributed by atoms with E-state index in [0.717, 1.165) is 11.1 Å². The minimum absolute atomic E-state index is 0.0500. The van der Waals surface area contributed by atoms with Crippen LogP contribution in [0.5, 0.6) is 0 Å². The molecule has 6 heteroatoms. The predicted molar refractivity (Wildman–Crippen MR) is 88.5 cm³/mol. The van der Waals surface area contributed by atoms with E-state index in [4.69, 9.17) is 0 Å². The number of ketones is 1. The summed E-state index contributed by atoms with van der Waals surface area (Å²) in [6.07, 6.45) is -0.674. The van der Waals surface area contributed by atoms with E-state index >= 15 is 0 Å². The SMILES string of the molecule is CC(=O)c1c(C)nn(CC(=O)N2Cc3ccccc3C(O)C2)c1C. The summed E-state index contributed by atoms with van der Waals surface area (Å²) in [6.45, 7) is 5.88. The van der Waals surface area contributed by atoms with Gasteiger partial charge < -0.3 is 10.0 Å². The average molecular weight is 327 g/mol.